The third-order valence-electron chi connectivity index (χ3n) is 3.12. The van der Waals surface area contributed by atoms with Gasteiger partial charge in [0.1, 0.15) is 5.75 Å². The van der Waals surface area contributed by atoms with Crippen molar-refractivity contribution in [1.82, 2.24) is 0 Å². The van der Waals surface area contributed by atoms with Crippen LogP contribution in [0.4, 0.5) is 5.69 Å². The zero-order valence-corrected chi connectivity index (χ0v) is 12.4. The lowest BCUT2D eigenvalue weighted by Crippen LogP contribution is -2.49. The third-order valence-corrected chi connectivity index (χ3v) is 3.55. The van der Waals surface area contributed by atoms with Crippen LogP contribution in [0.2, 0.25) is 0 Å². The molecule has 2 aromatic rings. The molecule has 7 heteroatoms. The van der Waals surface area contributed by atoms with Crippen molar-refractivity contribution in [3.8, 4) is 5.75 Å². The van der Waals surface area contributed by atoms with Crippen molar-refractivity contribution in [1.29, 1.82) is 0 Å². The number of nitrogens with zero attached hydrogens (tertiary/aromatic N) is 1. The van der Waals surface area contributed by atoms with E-state index in [4.69, 9.17) is 14.9 Å². The Balaban J connectivity index is 2.00. The molecule has 3 rings (SSSR count). The molecule has 0 spiro atoms. The quantitative estimate of drug-likeness (QED) is 0.896. The highest BCUT2D eigenvalue weighted by Gasteiger charge is 2.34. The minimum Gasteiger partial charge on any atom is -0.477 e. The Hall–Kier alpha value is -2.28. The Morgan fingerprint density at radius 3 is 2.67 bits per heavy atom. The smallest absolute Gasteiger partial charge is 0.294 e. The van der Waals surface area contributed by atoms with Gasteiger partial charge in [-0.1, -0.05) is 12.1 Å². The van der Waals surface area contributed by atoms with E-state index >= 15 is 0 Å². The maximum Gasteiger partial charge on any atom is 0.294 e. The molecule has 0 saturated carbocycles. The van der Waals surface area contributed by atoms with Crippen LogP contribution in [-0.4, -0.2) is 24.5 Å². The van der Waals surface area contributed by atoms with E-state index in [1.54, 1.807) is 36.4 Å². The largest absolute Gasteiger partial charge is 0.477 e. The van der Waals surface area contributed by atoms with Crippen LogP contribution in [0.25, 0.3) is 0 Å². The number of hydrogen-bond donors (Lipinski definition) is 1. The third kappa shape index (κ3) is 2.52. The number of fused-ring (bicyclic) bond motifs is 1. The first-order valence-electron chi connectivity index (χ1n) is 6.18. The van der Waals surface area contributed by atoms with Gasteiger partial charge < -0.3 is 14.9 Å². The van der Waals surface area contributed by atoms with Crippen molar-refractivity contribution >= 4 is 33.4 Å². The number of furan rings is 1. The first-order valence-corrected chi connectivity index (χ1v) is 6.98. The van der Waals surface area contributed by atoms with Crippen molar-refractivity contribution in [2.45, 2.75) is 6.10 Å². The SMILES string of the molecule is NC(=O)C1CN(C(=O)c2ccc(Br)o2)c2ccccc2O1. The van der Waals surface area contributed by atoms with Crippen molar-refractivity contribution in [3.05, 3.63) is 46.8 Å². The van der Waals surface area contributed by atoms with E-state index in [1.807, 2.05) is 0 Å². The molecule has 0 aliphatic carbocycles. The average molecular weight is 351 g/mol. The standard InChI is InChI=1S/C14H11BrN2O4/c15-12-6-5-10(21-12)14(19)17-7-11(13(16)18)20-9-4-2-1-3-8(9)17/h1-6,11H,7H2,(H2,16,18). The number of halogens is 1. The number of hydrogen-bond acceptors (Lipinski definition) is 4. The number of para-hydroxylation sites is 2. The summed E-state index contributed by atoms with van der Waals surface area (Å²) in [7, 11) is 0. The molecule has 1 atom stereocenters. The number of ether oxygens (including phenoxy) is 1. The van der Waals surface area contributed by atoms with Crippen LogP contribution in [0.3, 0.4) is 0 Å². The fraction of sp³-hybridized carbons (Fsp3) is 0.143. The van der Waals surface area contributed by atoms with Gasteiger partial charge in [-0.05, 0) is 40.2 Å². The Labute approximate surface area is 128 Å². The molecule has 21 heavy (non-hydrogen) atoms. The Kier molecular flexibility index (Phi) is 3.42. The van der Waals surface area contributed by atoms with Crippen molar-refractivity contribution in [2.75, 3.05) is 11.4 Å². The molecule has 1 aliphatic heterocycles. The highest BCUT2D eigenvalue weighted by atomic mass is 79.9. The summed E-state index contributed by atoms with van der Waals surface area (Å²) in [4.78, 5) is 25.4. The van der Waals surface area contributed by atoms with Crippen LogP contribution in [-0.2, 0) is 4.79 Å². The van der Waals surface area contributed by atoms with Gasteiger partial charge in [-0.2, -0.15) is 0 Å². The van der Waals surface area contributed by atoms with E-state index in [9.17, 15) is 9.59 Å². The second-order valence-corrected chi connectivity index (χ2v) is 5.28. The molecule has 0 fully saturated rings. The average Bonchev–Trinajstić information content (AvgIpc) is 2.92. The van der Waals surface area contributed by atoms with Gasteiger partial charge >= 0.3 is 0 Å². The predicted molar refractivity (Wildman–Crippen MR) is 78.1 cm³/mol. The second-order valence-electron chi connectivity index (χ2n) is 4.50. The number of nitrogens with two attached hydrogens (primary N) is 1. The van der Waals surface area contributed by atoms with Gasteiger partial charge in [0.25, 0.3) is 11.8 Å². The summed E-state index contributed by atoms with van der Waals surface area (Å²) >= 11 is 3.16. The van der Waals surface area contributed by atoms with Gasteiger partial charge in [0.2, 0.25) is 0 Å². The zero-order chi connectivity index (χ0) is 15.0. The summed E-state index contributed by atoms with van der Waals surface area (Å²) in [6, 6.07) is 10.2. The Morgan fingerprint density at radius 1 is 1.24 bits per heavy atom. The van der Waals surface area contributed by atoms with Crippen molar-refractivity contribution < 1.29 is 18.7 Å². The summed E-state index contributed by atoms with van der Waals surface area (Å²) in [6.07, 6.45) is -0.887. The highest BCUT2D eigenvalue weighted by molar-refractivity contribution is 9.10. The summed E-state index contributed by atoms with van der Waals surface area (Å²) in [5.74, 6) is -0.376. The number of benzene rings is 1. The molecule has 0 saturated heterocycles. The van der Waals surface area contributed by atoms with Crippen molar-refractivity contribution in [3.63, 3.8) is 0 Å². The summed E-state index contributed by atoms with van der Waals surface area (Å²) in [6.45, 7) is 0.0451. The molecule has 1 aliphatic rings. The summed E-state index contributed by atoms with van der Waals surface area (Å²) in [5, 5.41) is 0. The second kappa shape index (κ2) is 5.25. The van der Waals surface area contributed by atoms with Crippen LogP contribution in [0.5, 0.6) is 5.75 Å². The fourth-order valence-electron chi connectivity index (χ4n) is 2.14. The lowest BCUT2D eigenvalue weighted by atomic mass is 10.1. The van der Waals surface area contributed by atoms with E-state index < -0.39 is 12.0 Å². The zero-order valence-electron chi connectivity index (χ0n) is 10.8. The van der Waals surface area contributed by atoms with Gasteiger partial charge in [0, 0.05) is 0 Å². The van der Waals surface area contributed by atoms with E-state index in [0.29, 0.717) is 16.1 Å². The lowest BCUT2D eigenvalue weighted by molar-refractivity contribution is -0.124. The first kappa shape index (κ1) is 13.7. The normalized spacial score (nSPS) is 17.0. The van der Waals surface area contributed by atoms with Crippen molar-refractivity contribution in [2.24, 2.45) is 5.73 Å². The van der Waals surface area contributed by atoms with Crippen LogP contribution >= 0.6 is 15.9 Å². The number of carbonyl (C=O) groups excluding carboxylic acids is 2. The number of anilines is 1. The monoisotopic (exact) mass is 350 g/mol. The molecule has 108 valence electrons. The number of amides is 2. The molecule has 6 nitrogen and oxygen atoms in total. The van der Waals surface area contributed by atoms with Crippen LogP contribution in [0.15, 0.2) is 45.5 Å². The van der Waals surface area contributed by atoms with Gasteiger partial charge in [0.15, 0.2) is 16.5 Å². The van der Waals surface area contributed by atoms with Gasteiger partial charge in [-0.3, -0.25) is 14.5 Å². The molecular weight excluding hydrogens is 340 g/mol. The molecule has 0 bridgehead atoms. The van der Waals surface area contributed by atoms with E-state index in [-0.39, 0.29) is 18.2 Å². The Bertz CT molecular complexity index is 713. The molecule has 2 heterocycles. The maximum absolute atomic E-state index is 12.5. The van der Waals surface area contributed by atoms with E-state index in [0.717, 1.165) is 0 Å². The summed E-state index contributed by atoms with van der Waals surface area (Å²) in [5.41, 5.74) is 5.87. The molecular formula is C14H11BrN2O4. The minimum absolute atomic E-state index is 0.0451. The highest BCUT2D eigenvalue weighted by Crippen LogP contribution is 2.34. The molecule has 1 aromatic heterocycles. The Morgan fingerprint density at radius 2 is 2.00 bits per heavy atom. The van der Waals surface area contributed by atoms with Crippen LogP contribution in [0, 0.1) is 0 Å². The summed E-state index contributed by atoms with van der Waals surface area (Å²) < 4.78 is 11.2. The van der Waals surface area contributed by atoms with Crippen LogP contribution < -0.4 is 15.4 Å². The van der Waals surface area contributed by atoms with Crippen LogP contribution in [0.1, 0.15) is 10.6 Å². The van der Waals surface area contributed by atoms with Gasteiger partial charge in [-0.15, -0.1) is 0 Å². The molecule has 0 radical (unpaired) electrons. The molecule has 2 amide bonds. The topological polar surface area (TPSA) is 85.8 Å². The predicted octanol–water partition coefficient (Wildman–Crippen LogP) is 1.94. The lowest BCUT2D eigenvalue weighted by Gasteiger charge is -2.32. The number of rotatable bonds is 2. The number of carbonyl (C=O) groups is 2. The van der Waals surface area contributed by atoms with Gasteiger partial charge in [0.05, 0.1) is 12.2 Å². The molecule has 1 aromatic carbocycles. The molecule has 2 N–H and O–H groups in total. The van der Waals surface area contributed by atoms with Gasteiger partial charge in [-0.25, -0.2) is 0 Å². The maximum atomic E-state index is 12.5. The van der Waals surface area contributed by atoms with E-state index in [2.05, 4.69) is 15.9 Å². The fourth-order valence-corrected chi connectivity index (χ4v) is 2.44. The minimum atomic E-state index is -0.887. The van der Waals surface area contributed by atoms with E-state index in [1.165, 1.54) is 4.90 Å². The first-order chi connectivity index (χ1) is 10.1. The molecule has 1 unspecified atom stereocenters. The number of primary amides is 1.